The normalized spacial score (nSPS) is 11.5. The number of unbranched alkanes of at least 4 members (excludes halogenated alkanes) is 2. The van der Waals surface area contributed by atoms with Gasteiger partial charge in [-0.1, -0.05) is 50.5 Å². The highest BCUT2D eigenvalue weighted by atomic mass is 16.5. The lowest BCUT2D eigenvalue weighted by Gasteiger charge is -2.26. The van der Waals surface area contributed by atoms with Crippen LogP contribution in [-0.4, -0.2) is 39.6 Å². The van der Waals surface area contributed by atoms with Crippen LogP contribution in [0.1, 0.15) is 56.9 Å². The van der Waals surface area contributed by atoms with Gasteiger partial charge in [-0.3, -0.25) is 9.59 Å². The van der Waals surface area contributed by atoms with E-state index < -0.39 is 0 Å². The summed E-state index contributed by atoms with van der Waals surface area (Å²) in [6.07, 6.45) is 4.75. The van der Waals surface area contributed by atoms with Crippen molar-refractivity contribution in [2.24, 2.45) is 0 Å². The average molecular weight is 441 g/mol. The first kappa shape index (κ1) is 25.2. The van der Waals surface area contributed by atoms with Gasteiger partial charge in [0.25, 0.3) is 0 Å². The number of methoxy groups -OCH3 is 2. The van der Waals surface area contributed by atoms with Gasteiger partial charge >= 0.3 is 0 Å². The second-order valence-corrected chi connectivity index (χ2v) is 7.81. The summed E-state index contributed by atoms with van der Waals surface area (Å²) in [5.41, 5.74) is 1.81. The molecule has 2 amide bonds. The highest BCUT2D eigenvalue weighted by molar-refractivity contribution is 5.94. The lowest BCUT2D eigenvalue weighted by atomic mass is 9.89. The molecule has 6 heteroatoms. The van der Waals surface area contributed by atoms with Crippen LogP contribution in [0.25, 0.3) is 0 Å². The van der Waals surface area contributed by atoms with Crippen molar-refractivity contribution in [3.63, 3.8) is 0 Å². The van der Waals surface area contributed by atoms with Crippen LogP contribution in [0.15, 0.2) is 48.5 Å². The lowest BCUT2D eigenvalue weighted by Crippen LogP contribution is -2.35. The van der Waals surface area contributed by atoms with Crippen molar-refractivity contribution < 1.29 is 19.1 Å². The van der Waals surface area contributed by atoms with Gasteiger partial charge in [-0.2, -0.15) is 0 Å². The molecule has 0 saturated heterocycles. The first-order chi connectivity index (χ1) is 15.5. The maximum Gasteiger partial charge on any atom is 0.227 e. The van der Waals surface area contributed by atoms with E-state index in [0.717, 1.165) is 48.4 Å². The Hall–Kier alpha value is -3.02. The fraction of sp³-hybridized carbons (Fsp3) is 0.462. The van der Waals surface area contributed by atoms with E-state index in [0.29, 0.717) is 13.0 Å². The van der Waals surface area contributed by atoms with Crippen molar-refractivity contribution >= 4 is 17.5 Å². The summed E-state index contributed by atoms with van der Waals surface area (Å²) in [4.78, 5) is 27.1. The first-order valence-corrected chi connectivity index (χ1v) is 11.3. The van der Waals surface area contributed by atoms with Crippen LogP contribution >= 0.6 is 0 Å². The van der Waals surface area contributed by atoms with Gasteiger partial charge in [-0.05, 0) is 36.1 Å². The molecule has 2 aromatic rings. The maximum atomic E-state index is 13.5. The quantitative estimate of drug-likeness (QED) is 0.449. The van der Waals surface area contributed by atoms with E-state index in [9.17, 15) is 9.59 Å². The van der Waals surface area contributed by atoms with Gasteiger partial charge in [-0.25, -0.2) is 0 Å². The number of amides is 2. The van der Waals surface area contributed by atoms with Crippen LogP contribution in [0.5, 0.6) is 11.5 Å². The molecule has 2 aromatic carbocycles. The average Bonchev–Trinajstić information content (AvgIpc) is 2.83. The predicted molar refractivity (Wildman–Crippen MR) is 129 cm³/mol. The third kappa shape index (κ3) is 7.29. The minimum Gasteiger partial charge on any atom is -0.497 e. The van der Waals surface area contributed by atoms with Crippen LogP contribution in [0.4, 0.5) is 5.69 Å². The monoisotopic (exact) mass is 440 g/mol. The summed E-state index contributed by atoms with van der Waals surface area (Å²) in [5, 5.41) is 2.63. The van der Waals surface area contributed by atoms with Crippen molar-refractivity contribution in [3.05, 3.63) is 54.1 Å². The number of ether oxygens (including phenoxy) is 2. The Morgan fingerprint density at radius 3 is 2.41 bits per heavy atom. The van der Waals surface area contributed by atoms with Crippen LogP contribution in [0.2, 0.25) is 0 Å². The molecule has 0 saturated carbocycles. The summed E-state index contributed by atoms with van der Waals surface area (Å²) >= 11 is 0. The standard InChI is InChI=1S/C26H36N2O4/c1-5-6-8-11-20(23-15-14-22(31-3)19-24(23)32-4)18-26(30)28(17-16-25(29)27-2)21-12-9-7-10-13-21/h7,9-10,12-15,19-20H,5-6,8,11,16-18H2,1-4H3,(H,27,29). The van der Waals surface area contributed by atoms with Crippen molar-refractivity contribution in [1.82, 2.24) is 5.32 Å². The van der Waals surface area contributed by atoms with Gasteiger partial charge in [0, 0.05) is 38.2 Å². The molecule has 32 heavy (non-hydrogen) atoms. The molecular weight excluding hydrogens is 404 g/mol. The molecular formula is C26H36N2O4. The number of hydrogen-bond acceptors (Lipinski definition) is 4. The molecule has 0 bridgehead atoms. The van der Waals surface area contributed by atoms with E-state index in [1.54, 1.807) is 26.2 Å². The van der Waals surface area contributed by atoms with Crippen LogP contribution < -0.4 is 19.7 Å². The number of carbonyl (C=O) groups is 2. The molecule has 6 nitrogen and oxygen atoms in total. The van der Waals surface area contributed by atoms with Crippen molar-refractivity contribution in [3.8, 4) is 11.5 Å². The van der Waals surface area contributed by atoms with Crippen LogP contribution in [-0.2, 0) is 9.59 Å². The van der Waals surface area contributed by atoms with E-state index >= 15 is 0 Å². The number of benzene rings is 2. The molecule has 0 spiro atoms. The summed E-state index contributed by atoms with van der Waals surface area (Å²) in [6.45, 7) is 2.51. The van der Waals surface area contributed by atoms with E-state index in [4.69, 9.17) is 9.47 Å². The zero-order chi connectivity index (χ0) is 23.3. The molecule has 0 fully saturated rings. The molecule has 0 aromatic heterocycles. The lowest BCUT2D eigenvalue weighted by molar-refractivity contribution is -0.120. The molecule has 0 radical (unpaired) electrons. The Morgan fingerprint density at radius 2 is 1.78 bits per heavy atom. The first-order valence-electron chi connectivity index (χ1n) is 11.3. The van der Waals surface area contributed by atoms with Gasteiger partial charge in [0.05, 0.1) is 14.2 Å². The number of nitrogens with zero attached hydrogens (tertiary/aromatic N) is 1. The number of para-hydroxylation sites is 1. The van der Waals surface area contributed by atoms with Gasteiger partial charge < -0.3 is 19.7 Å². The minimum atomic E-state index is -0.0879. The van der Waals surface area contributed by atoms with E-state index in [2.05, 4.69) is 12.2 Å². The number of nitrogens with one attached hydrogen (secondary N) is 1. The molecule has 1 N–H and O–H groups in total. The topological polar surface area (TPSA) is 67.9 Å². The van der Waals surface area contributed by atoms with Crippen LogP contribution in [0.3, 0.4) is 0 Å². The summed E-state index contributed by atoms with van der Waals surface area (Å²) in [5.74, 6) is 1.38. The predicted octanol–water partition coefficient (Wildman–Crippen LogP) is 4.93. The molecule has 1 unspecified atom stereocenters. The molecule has 0 aliphatic heterocycles. The van der Waals surface area contributed by atoms with Gasteiger partial charge in [-0.15, -0.1) is 0 Å². The molecule has 0 aliphatic rings. The summed E-state index contributed by atoms with van der Waals surface area (Å²) < 4.78 is 11.0. The Labute approximate surface area is 191 Å². The highest BCUT2D eigenvalue weighted by Gasteiger charge is 2.24. The zero-order valence-electron chi connectivity index (χ0n) is 19.7. The second kappa shape index (κ2) is 13.4. The van der Waals surface area contributed by atoms with Crippen molar-refractivity contribution in [2.75, 3.05) is 32.7 Å². The van der Waals surface area contributed by atoms with Crippen molar-refractivity contribution in [1.29, 1.82) is 0 Å². The van der Waals surface area contributed by atoms with Gasteiger partial charge in [0.1, 0.15) is 11.5 Å². The minimum absolute atomic E-state index is 0.000488. The number of rotatable bonds is 13. The van der Waals surface area contributed by atoms with E-state index in [1.807, 2.05) is 48.5 Å². The Kier molecular flexibility index (Phi) is 10.6. The summed E-state index contributed by atoms with van der Waals surface area (Å²) in [6, 6.07) is 15.3. The maximum absolute atomic E-state index is 13.5. The Morgan fingerprint density at radius 1 is 1.03 bits per heavy atom. The Bertz CT molecular complexity index is 854. The largest absolute Gasteiger partial charge is 0.497 e. The molecule has 1 atom stereocenters. The van der Waals surface area contributed by atoms with Gasteiger partial charge in [0.2, 0.25) is 11.8 Å². The third-order valence-corrected chi connectivity index (χ3v) is 5.67. The number of hydrogen-bond donors (Lipinski definition) is 1. The fourth-order valence-electron chi connectivity index (χ4n) is 3.83. The third-order valence-electron chi connectivity index (χ3n) is 5.67. The highest BCUT2D eigenvalue weighted by Crippen LogP contribution is 2.36. The second-order valence-electron chi connectivity index (χ2n) is 7.81. The molecule has 0 aliphatic carbocycles. The SMILES string of the molecule is CCCCCC(CC(=O)N(CCC(=O)NC)c1ccccc1)c1ccc(OC)cc1OC. The number of carbonyl (C=O) groups excluding carboxylic acids is 2. The molecule has 2 rings (SSSR count). The smallest absolute Gasteiger partial charge is 0.227 e. The van der Waals surface area contributed by atoms with E-state index in [-0.39, 0.29) is 24.2 Å². The molecule has 0 heterocycles. The van der Waals surface area contributed by atoms with Crippen molar-refractivity contribution in [2.45, 2.75) is 51.4 Å². The fourth-order valence-corrected chi connectivity index (χ4v) is 3.83. The zero-order valence-corrected chi connectivity index (χ0v) is 19.7. The van der Waals surface area contributed by atoms with Crippen LogP contribution in [0, 0.1) is 0 Å². The van der Waals surface area contributed by atoms with E-state index in [1.165, 1.54) is 0 Å². The van der Waals surface area contributed by atoms with Gasteiger partial charge in [0.15, 0.2) is 0 Å². The summed E-state index contributed by atoms with van der Waals surface area (Å²) in [7, 11) is 4.88. The Balaban J connectivity index is 2.30. The molecule has 174 valence electrons. The number of anilines is 1.